The van der Waals surface area contributed by atoms with Crippen LogP contribution in [0.4, 0.5) is 11.4 Å². The van der Waals surface area contributed by atoms with Crippen LogP contribution in [0.2, 0.25) is 0 Å². The van der Waals surface area contributed by atoms with Crippen molar-refractivity contribution in [2.45, 2.75) is 13.3 Å². The zero-order chi connectivity index (χ0) is 21.5. The van der Waals surface area contributed by atoms with Crippen LogP contribution in [0.3, 0.4) is 0 Å². The van der Waals surface area contributed by atoms with Crippen molar-refractivity contribution in [1.29, 1.82) is 0 Å². The second-order valence-electron chi connectivity index (χ2n) is 6.00. The number of morpholine rings is 1. The summed E-state index contributed by atoms with van der Waals surface area (Å²) in [6, 6.07) is 7.91. The number of anilines is 2. The van der Waals surface area contributed by atoms with Crippen LogP contribution in [-0.2, 0) is 23.9 Å². The van der Waals surface area contributed by atoms with Crippen LogP contribution in [0.15, 0.2) is 24.3 Å². The van der Waals surface area contributed by atoms with Crippen LogP contribution >= 0.6 is 0 Å². The molecular formula is C19H29N3O7. The molecule has 0 atom stereocenters. The Bertz CT molecular complexity index is 636. The molecule has 10 heteroatoms. The summed E-state index contributed by atoms with van der Waals surface area (Å²) in [5.74, 6) is -3.67. The van der Waals surface area contributed by atoms with Gasteiger partial charge in [-0.3, -0.25) is 4.79 Å². The number of aliphatic carboxylic acids is 2. The number of para-hydroxylation sites is 2. The lowest BCUT2D eigenvalue weighted by molar-refractivity contribution is -0.159. The first-order valence-electron chi connectivity index (χ1n) is 9.42. The molecule has 0 saturated carbocycles. The molecule has 1 aliphatic heterocycles. The van der Waals surface area contributed by atoms with E-state index in [0.717, 1.165) is 63.9 Å². The average molecular weight is 411 g/mol. The zero-order valence-corrected chi connectivity index (χ0v) is 16.6. The van der Waals surface area contributed by atoms with Gasteiger partial charge in [0.05, 0.1) is 31.1 Å². The maximum absolute atomic E-state index is 12.1. The molecule has 0 aliphatic carbocycles. The summed E-state index contributed by atoms with van der Waals surface area (Å²) in [6.45, 7) is 7.68. The summed E-state index contributed by atoms with van der Waals surface area (Å²) >= 11 is 0. The van der Waals surface area contributed by atoms with Crippen molar-refractivity contribution in [3.8, 4) is 0 Å². The number of benzene rings is 1. The molecule has 0 spiro atoms. The first-order valence-corrected chi connectivity index (χ1v) is 9.42. The van der Waals surface area contributed by atoms with Gasteiger partial charge < -0.3 is 35.2 Å². The van der Waals surface area contributed by atoms with E-state index >= 15 is 0 Å². The lowest BCUT2D eigenvalue weighted by Crippen LogP contribution is -2.37. The molecule has 0 radical (unpaired) electrons. The molecule has 10 nitrogen and oxygen atoms in total. The molecule has 1 heterocycles. The number of ether oxygens (including phenoxy) is 2. The maximum atomic E-state index is 12.1. The fourth-order valence-electron chi connectivity index (χ4n) is 2.50. The fourth-order valence-corrected chi connectivity index (χ4v) is 2.50. The molecule has 4 N–H and O–H groups in total. The smallest absolute Gasteiger partial charge is 0.414 e. The highest BCUT2D eigenvalue weighted by Gasteiger charge is 2.15. The summed E-state index contributed by atoms with van der Waals surface area (Å²) in [5, 5.41) is 20.9. The Morgan fingerprint density at radius 2 is 1.79 bits per heavy atom. The number of carboxylic acid groups (broad SMARTS) is 2. The largest absolute Gasteiger partial charge is 0.473 e. The van der Waals surface area contributed by atoms with E-state index in [0.29, 0.717) is 6.54 Å². The Kier molecular flexibility index (Phi) is 12.0. The SMILES string of the molecule is CCOCCCNCC(=O)Nc1ccccc1N1CCOCC1.O=C(O)C(=O)O. The topological polar surface area (TPSA) is 137 Å². The van der Waals surface area contributed by atoms with E-state index in [1.165, 1.54) is 0 Å². The van der Waals surface area contributed by atoms with Gasteiger partial charge in [0.1, 0.15) is 0 Å². The van der Waals surface area contributed by atoms with Crippen molar-refractivity contribution in [3.63, 3.8) is 0 Å². The van der Waals surface area contributed by atoms with Gasteiger partial charge in [-0.05, 0) is 32.0 Å². The van der Waals surface area contributed by atoms with Crippen molar-refractivity contribution in [2.75, 3.05) is 62.8 Å². The molecule has 0 unspecified atom stereocenters. The first-order chi connectivity index (χ1) is 14.0. The molecule has 1 aromatic carbocycles. The third kappa shape index (κ3) is 10.4. The Morgan fingerprint density at radius 3 is 2.41 bits per heavy atom. The highest BCUT2D eigenvalue weighted by atomic mass is 16.5. The molecule has 162 valence electrons. The van der Waals surface area contributed by atoms with Crippen molar-refractivity contribution in [1.82, 2.24) is 5.32 Å². The Balaban J connectivity index is 0.000000612. The van der Waals surface area contributed by atoms with Crippen molar-refractivity contribution in [2.24, 2.45) is 0 Å². The van der Waals surface area contributed by atoms with Crippen molar-refractivity contribution in [3.05, 3.63) is 24.3 Å². The molecule has 1 fully saturated rings. The molecule has 0 bridgehead atoms. The van der Waals surface area contributed by atoms with Gasteiger partial charge >= 0.3 is 11.9 Å². The second kappa shape index (κ2) is 14.3. The number of rotatable bonds is 9. The van der Waals surface area contributed by atoms with Crippen LogP contribution in [-0.4, -0.2) is 80.7 Å². The van der Waals surface area contributed by atoms with Crippen molar-refractivity contribution >= 4 is 29.2 Å². The van der Waals surface area contributed by atoms with E-state index in [1.807, 2.05) is 31.2 Å². The number of nitrogens with zero attached hydrogens (tertiary/aromatic N) is 1. The van der Waals surface area contributed by atoms with Gasteiger partial charge in [0.15, 0.2) is 0 Å². The van der Waals surface area contributed by atoms with Gasteiger partial charge in [-0.15, -0.1) is 0 Å². The average Bonchev–Trinajstić information content (AvgIpc) is 2.72. The molecule has 1 amide bonds. The van der Waals surface area contributed by atoms with Crippen LogP contribution < -0.4 is 15.5 Å². The van der Waals surface area contributed by atoms with E-state index in [4.69, 9.17) is 29.3 Å². The molecule has 1 aliphatic rings. The normalized spacial score (nSPS) is 13.2. The van der Waals surface area contributed by atoms with E-state index in [-0.39, 0.29) is 5.91 Å². The minimum atomic E-state index is -1.82. The monoisotopic (exact) mass is 411 g/mol. The number of carbonyl (C=O) groups excluding carboxylic acids is 1. The molecule has 1 saturated heterocycles. The summed E-state index contributed by atoms with van der Waals surface area (Å²) in [4.78, 5) is 32.5. The van der Waals surface area contributed by atoms with Crippen LogP contribution in [0.25, 0.3) is 0 Å². The van der Waals surface area contributed by atoms with E-state index < -0.39 is 11.9 Å². The summed E-state index contributed by atoms with van der Waals surface area (Å²) in [6.07, 6.45) is 0.908. The Hall–Kier alpha value is -2.69. The van der Waals surface area contributed by atoms with Crippen LogP contribution in [0.1, 0.15) is 13.3 Å². The fraction of sp³-hybridized carbons (Fsp3) is 0.526. The van der Waals surface area contributed by atoms with Gasteiger partial charge in [0.2, 0.25) is 5.91 Å². The highest BCUT2D eigenvalue weighted by Crippen LogP contribution is 2.26. The van der Waals surface area contributed by atoms with E-state index in [2.05, 4.69) is 15.5 Å². The number of carbonyl (C=O) groups is 3. The summed E-state index contributed by atoms with van der Waals surface area (Å²) < 4.78 is 10.6. The lowest BCUT2D eigenvalue weighted by atomic mass is 10.2. The number of hydrogen-bond acceptors (Lipinski definition) is 7. The van der Waals surface area contributed by atoms with Crippen LogP contribution in [0.5, 0.6) is 0 Å². The minimum absolute atomic E-state index is 0.0258. The molecule has 1 aromatic rings. The van der Waals surface area contributed by atoms with Gasteiger partial charge in [-0.25, -0.2) is 9.59 Å². The summed E-state index contributed by atoms with van der Waals surface area (Å²) in [7, 11) is 0. The Morgan fingerprint density at radius 1 is 1.14 bits per heavy atom. The molecule has 2 rings (SSSR count). The molecule has 0 aromatic heterocycles. The third-order valence-corrected chi connectivity index (χ3v) is 3.84. The number of carboxylic acids is 2. The van der Waals surface area contributed by atoms with Crippen molar-refractivity contribution < 1.29 is 34.1 Å². The number of amides is 1. The predicted molar refractivity (Wildman–Crippen MR) is 107 cm³/mol. The molecular weight excluding hydrogens is 382 g/mol. The zero-order valence-electron chi connectivity index (χ0n) is 16.6. The standard InChI is InChI=1S/C17H27N3O3.C2H2O4/c1-2-22-11-5-8-18-14-17(21)19-15-6-3-4-7-16(15)20-9-12-23-13-10-20;3-1(4)2(5)6/h3-4,6-7,18H,2,5,8-14H2,1H3,(H,19,21);(H,3,4)(H,5,6). The van der Waals surface area contributed by atoms with E-state index in [9.17, 15) is 4.79 Å². The third-order valence-electron chi connectivity index (χ3n) is 3.84. The maximum Gasteiger partial charge on any atom is 0.414 e. The van der Waals surface area contributed by atoms with Gasteiger partial charge in [-0.2, -0.15) is 0 Å². The van der Waals surface area contributed by atoms with Gasteiger partial charge in [0.25, 0.3) is 0 Å². The van der Waals surface area contributed by atoms with E-state index in [1.54, 1.807) is 0 Å². The Labute approximate surface area is 169 Å². The number of hydrogen-bond donors (Lipinski definition) is 4. The quantitative estimate of drug-likeness (QED) is 0.340. The minimum Gasteiger partial charge on any atom is -0.473 e. The summed E-state index contributed by atoms with van der Waals surface area (Å²) in [5.41, 5.74) is 1.91. The lowest BCUT2D eigenvalue weighted by Gasteiger charge is -2.30. The van der Waals surface area contributed by atoms with Gasteiger partial charge in [-0.1, -0.05) is 12.1 Å². The first kappa shape index (κ1) is 24.3. The van der Waals surface area contributed by atoms with Gasteiger partial charge in [0, 0.05) is 26.3 Å². The highest BCUT2D eigenvalue weighted by molar-refractivity contribution is 6.27. The number of nitrogens with one attached hydrogen (secondary N) is 2. The molecule has 29 heavy (non-hydrogen) atoms. The van der Waals surface area contributed by atoms with Crippen LogP contribution in [0, 0.1) is 0 Å². The second-order valence-corrected chi connectivity index (χ2v) is 6.00. The predicted octanol–water partition coefficient (Wildman–Crippen LogP) is 0.634.